The highest BCUT2D eigenvalue weighted by molar-refractivity contribution is 7.14. The molecule has 0 aliphatic carbocycles. The summed E-state index contributed by atoms with van der Waals surface area (Å²) in [6.07, 6.45) is 0. The minimum absolute atomic E-state index is 0.0775. The van der Waals surface area contributed by atoms with Crippen LogP contribution in [0, 0.1) is 0 Å². The molecule has 1 heterocycles. The molecule has 1 saturated heterocycles. The molecular weight excluding hydrogens is 371 g/mol. The average Bonchev–Trinajstić information content (AvgIpc) is 2.97. The van der Waals surface area contributed by atoms with E-state index >= 15 is 0 Å². The lowest BCUT2D eigenvalue weighted by Crippen LogP contribution is -2.29. The molecule has 2 atom stereocenters. The number of rotatable bonds is 6. The number of benzene rings is 2. The second kappa shape index (κ2) is 8.25. The Kier molecular flexibility index (Phi) is 5.96. The van der Waals surface area contributed by atoms with Crippen molar-refractivity contribution in [3.63, 3.8) is 0 Å². The lowest BCUT2D eigenvalue weighted by Gasteiger charge is -2.25. The third-order valence-corrected chi connectivity index (χ3v) is 5.51. The molecule has 1 fully saturated rings. The molecule has 0 saturated carbocycles. The molecule has 1 aliphatic rings. The third-order valence-electron chi connectivity index (χ3n) is 5.08. The van der Waals surface area contributed by atoms with Crippen molar-refractivity contribution in [2.24, 2.45) is 0 Å². The number of carbonyl (C=O) groups is 1. The molecule has 0 radical (unpaired) electrons. The van der Waals surface area contributed by atoms with Crippen LogP contribution in [0.25, 0.3) is 0 Å². The zero-order chi connectivity index (χ0) is 20.4. The Morgan fingerprint density at radius 1 is 1.04 bits per heavy atom. The van der Waals surface area contributed by atoms with Crippen molar-refractivity contribution in [1.29, 1.82) is 0 Å². The van der Waals surface area contributed by atoms with Crippen molar-refractivity contribution in [1.82, 2.24) is 9.57 Å². The van der Waals surface area contributed by atoms with Gasteiger partial charge >= 0.3 is 6.03 Å². The SMILES string of the molecule is CN(C)CCN(C)c1ccc(C2CN(P)C(=O)N2c2ccc(N)c(N)c2)cc1. The van der Waals surface area contributed by atoms with Crippen LogP contribution in [0.5, 0.6) is 0 Å². The highest BCUT2D eigenvalue weighted by atomic mass is 31.0. The minimum Gasteiger partial charge on any atom is -0.397 e. The number of amides is 2. The summed E-state index contributed by atoms with van der Waals surface area (Å²) in [5.74, 6) is 0. The minimum atomic E-state index is -0.0887. The maximum absolute atomic E-state index is 12.8. The smallest absolute Gasteiger partial charge is 0.328 e. The van der Waals surface area contributed by atoms with Gasteiger partial charge in [0.05, 0.1) is 24.0 Å². The van der Waals surface area contributed by atoms with Gasteiger partial charge in [-0.15, -0.1) is 0 Å². The number of nitrogens with zero attached hydrogens (tertiary/aromatic N) is 4. The van der Waals surface area contributed by atoms with Crippen LogP contribution in [0.3, 0.4) is 0 Å². The highest BCUT2D eigenvalue weighted by Gasteiger charge is 2.37. The molecule has 0 aromatic heterocycles. The van der Waals surface area contributed by atoms with Crippen molar-refractivity contribution in [2.45, 2.75) is 6.04 Å². The lowest BCUT2D eigenvalue weighted by atomic mass is 10.0. The van der Waals surface area contributed by atoms with Crippen LogP contribution >= 0.6 is 9.39 Å². The summed E-state index contributed by atoms with van der Waals surface area (Å²) in [4.78, 5) is 18.9. The molecule has 2 amide bonds. The zero-order valence-electron chi connectivity index (χ0n) is 16.7. The van der Waals surface area contributed by atoms with E-state index < -0.39 is 0 Å². The number of hydrogen-bond donors (Lipinski definition) is 2. The Morgan fingerprint density at radius 3 is 2.32 bits per heavy atom. The Bertz CT molecular complexity index is 841. The summed E-state index contributed by atoms with van der Waals surface area (Å²) < 4.78 is 1.65. The van der Waals surface area contributed by atoms with E-state index in [9.17, 15) is 4.79 Å². The van der Waals surface area contributed by atoms with E-state index in [0.717, 1.165) is 30.0 Å². The molecule has 8 heteroatoms. The number of carbonyl (C=O) groups excluding carboxylic acids is 1. The number of anilines is 4. The van der Waals surface area contributed by atoms with Gasteiger partial charge in [0.15, 0.2) is 0 Å². The molecule has 0 spiro atoms. The highest BCUT2D eigenvalue weighted by Crippen LogP contribution is 2.37. The zero-order valence-corrected chi connectivity index (χ0v) is 17.8. The molecule has 3 rings (SSSR count). The molecule has 7 nitrogen and oxygen atoms in total. The molecular formula is C20H29N6OP. The van der Waals surface area contributed by atoms with Gasteiger partial charge in [-0.2, -0.15) is 0 Å². The Hall–Kier alpha value is -2.50. The first kappa shape index (κ1) is 20.2. The molecule has 28 heavy (non-hydrogen) atoms. The second-order valence-corrected chi connectivity index (χ2v) is 8.07. The van der Waals surface area contributed by atoms with Crippen LogP contribution in [0.1, 0.15) is 11.6 Å². The predicted octanol–water partition coefficient (Wildman–Crippen LogP) is 2.62. The molecule has 1 aliphatic heterocycles. The van der Waals surface area contributed by atoms with E-state index in [1.807, 2.05) is 6.07 Å². The standard InChI is InChI=1S/C20H29N6OP/c1-23(2)10-11-24(3)15-6-4-14(5-7-15)19-13-25(28)20(27)26(19)16-8-9-17(21)18(22)12-16/h4-9,12,19H,10-11,13,21-22,28H2,1-3H3. The predicted molar refractivity (Wildman–Crippen MR) is 121 cm³/mol. The maximum atomic E-state index is 12.8. The summed E-state index contributed by atoms with van der Waals surface area (Å²) >= 11 is 0. The Morgan fingerprint density at radius 2 is 1.71 bits per heavy atom. The van der Waals surface area contributed by atoms with Gasteiger partial charge in [-0.3, -0.25) is 4.90 Å². The van der Waals surface area contributed by atoms with E-state index in [4.69, 9.17) is 11.5 Å². The van der Waals surface area contributed by atoms with E-state index in [1.165, 1.54) is 0 Å². The van der Waals surface area contributed by atoms with Gasteiger partial charge in [-0.1, -0.05) is 12.1 Å². The molecule has 150 valence electrons. The first-order valence-corrected chi connectivity index (χ1v) is 9.76. The summed E-state index contributed by atoms with van der Waals surface area (Å²) in [6.45, 7) is 2.53. The van der Waals surface area contributed by atoms with Crippen LogP contribution in [0.2, 0.25) is 0 Å². The first-order chi connectivity index (χ1) is 13.3. The van der Waals surface area contributed by atoms with Crippen LogP contribution < -0.4 is 21.3 Å². The van der Waals surface area contributed by atoms with Crippen molar-refractivity contribution < 1.29 is 4.79 Å². The summed E-state index contributed by atoms with van der Waals surface area (Å²) in [5, 5.41) is 0. The van der Waals surface area contributed by atoms with Crippen molar-refractivity contribution in [3.8, 4) is 0 Å². The fourth-order valence-electron chi connectivity index (χ4n) is 3.30. The Balaban J connectivity index is 1.84. The fourth-order valence-corrected chi connectivity index (χ4v) is 3.63. The van der Waals surface area contributed by atoms with Gasteiger partial charge in [0, 0.05) is 31.5 Å². The molecule has 0 bridgehead atoms. The summed E-state index contributed by atoms with van der Waals surface area (Å²) in [5.41, 5.74) is 15.8. The molecule has 2 aromatic rings. The Labute approximate surface area is 169 Å². The van der Waals surface area contributed by atoms with Crippen molar-refractivity contribution in [3.05, 3.63) is 48.0 Å². The monoisotopic (exact) mass is 400 g/mol. The number of hydrogen-bond acceptors (Lipinski definition) is 5. The maximum Gasteiger partial charge on any atom is 0.328 e. The van der Waals surface area contributed by atoms with Gasteiger partial charge in [-0.25, -0.2) is 4.79 Å². The average molecular weight is 400 g/mol. The van der Waals surface area contributed by atoms with Gasteiger partial charge in [0.2, 0.25) is 0 Å². The molecule has 4 N–H and O–H groups in total. The van der Waals surface area contributed by atoms with Crippen LogP contribution in [-0.2, 0) is 0 Å². The van der Waals surface area contributed by atoms with Gasteiger partial charge in [-0.05, 0) is 59.4 Å². The molecule has 2 unspecified atom stereocenters. The van der Waals surface area contributed by atoms with E-state index in [0.29, 0.717) is 17.9 Å². The fraction of sp³-hybridized carbons (Fsp3) is 0.350. The quantitative estimate of drug-likeness (QED) is 0.575. The largest absolute Gasteiger partial charge is 0.397 e. The van der Waals surface area contributed by atoms with Gasteiger partial charge in [0.1, 0.15) is 0 Å². The number of likely N-dealkylation sites (N-methyl/N-ethyl adjacent to an activating group) is 2. The molecule has 2 aromatic carbocycles. The van der Waals surface area contributed by atoms with E-state index in [1.54, 1.807) is 21.7 Å². The van der Waals surface area contributed by atoms with E-state index in [2.05, 4.69) is 64.6 Å². The summed E-state index contributed by atoms with van der Waals surface area (Å²) in [6, 6.07) is 13.6. The first-order valence-electron chi connectivity index (χ1n) is 9.24. The third kappa shape index (κ3) is 4.16. The number of nitrogen functional groups attached to an aromatic ring is 2. The van der Waals surface area contributed by atoms with Crippen LogP contribution in [0.15, 0.2) is 42.5 Å². The van der Waals surface area contributed by atoms with Crippen molar-refractivity contribution in [2.75, 3.05) is 62.0 Å². The van der Waals surface area contributed by atoms with Crippen LogP contribution in [0.4, 0.5) is 27.5 Å². The van der Waals surface area contributed by atoms with Gasteiger partial charge in [0.25, 0.3) is 0 Å². The second-order valence-electron chi connectivity index (χ2n) is 7.45. The van der Waals surface area contributed by atoms with Gasteiger partial charge < -0.3 is 25.9 Å². The number of nitrogens with two attached hydrogens (primary N) is 2. The summed E-state index contributed by atoms with van der Waals surface area (Å²) in [7, 11) is 8.73. The number of urea groups is 1. The van der Waals surface area contributed by atoms with Crippen molar-refractivity contribution >= 4 is 38.2 Å². The lowest BCUT2D eigenvalue weighted by molar-refractivity contribution is 0.241. The van der Waals surface area contributed by atoms with E-state index in [-0.39, 0.29) is 12.1 Å². The van der Waals surface area contributed by atoms with Crippen LogP contribution in [-0.4, -0.2) is 56.4 Å². The normalized spacial score (nSPS) is 16.9. The topological polar surface area (TPSA) is 82.1 Å².